The van der Waals surface area contributed by atoms with E-state index in [1.54, 1.807) is 6.20 Å². The van der Waals surface area contributed by atoms with Gasteiger partial charge in [0.2, 0.25) is 0 Å². The van der Waals surface area contributed by atoms with Gasteiger partial charge in [0.15, 0.2) is 0 Å². The van der Waals surface area contributed by atoms with Crippen LogP contribution in [-0.4, -0.2) is 9.97 Å². The van der Waals surface area contributed by atoms with E-state index in [9.17, 15) is 0 Å². The lowest BCUT2D eigenvalue weighted by Crippen LogP contribution is -1.99. The number of hydrogen-bond acceptors (Lipinski definition) is 3. The van der Waals surface area contributed by atoms with Crippen molar-refractivity contribution in [1.82, 2.24) is 9.97 Å². The number of anilines is 1. The Morgan fingerprint density at radius 3 is 2.29 bits per heavy atom. The molecule has 0 unspecified atom stereocenters. The van der Waals surface area contributed by atoms with Crippen molar-refractivity contribution in [3.8, 4) is 22.5 Å². The third-order valence-electron chi connectivity index (χ3n) is 4.17. The first-order valence-corrected chi connectivity index (χ1v) is 7.89. The van der Waals surface area contributed by atoms with Crippen LogP contribution >= 0.6 is 0 Å². The van der Waals surface area contributed by atoms with Gasteiger partial charge in [-0.25, -0.2) is 9.97 Å². The number of benzene rings is 3. The van der Waals surface area contributed by atoms with E-state index in [1.165, 1.54) is 10.9 Å². The number of nitrogen functional groups attached to an aromatic ring is 1. The van der Waals surface area contributed by atoms with E-state index >= 15 is 0 Å². The zero-order valence-electron chi connectivity index (χ0n) is 13.4. The number of aromatic nitrogens is 2. The molecule has 0 atom stereocenters. The molecule has 0 fully saturated rings. The van der Waals surface area contributed by atoms with Crippen molar-refractivity contribution in [1.29, 1.82) is 0 Å². The van der Waals surface area contributed by atoms with Gasteiger partial charge >= 0.3 is 0 Å². The van der Waals surface area contributed by atoms with Gasteiger partial charge in [-0.15, -0.1) is 0 Å². The number of nitrogens with zero attached hydrogens (tertiary/aromatic N) is 2. The molecule has 4 aromatic rings. The quantitative estimate of drug-likeness (QED) is 0.575. The van der Waals surface area contributed by atoms with Crippen molar-refractivity contribution in [3.63, 3.8) is 0 Å². The SMILES string of the molecule is Cc1ccc(-c2cnc(N)c(-c3ccc4ccccc4c3)n2)cc1. The molecule has 3 aromatic carbocycles. The lowest BCUT2D eigenvalue weighted by molar-refractivity contribution is 1.22. The Labute approximate surface area is 140 Å². The second-order valence-corrected chi connectivity index (χ2v) is 5.92. The maximum atomic E-state index is 6.09. The van der Waals surface area contributed by atoms with E-state index in [4.69, 9.17) is 10.7 Å². The predicted octanol–water partition coefficient (Wildman–Crippen LogP) is 4.85. The van der Waals surface area contributed by atoms with Crippen LogP contribution in [0.4, 0.5) is 5.82 Å². The van der Waals surface area contributed by atoms with Crippen LogP contribution in [0.15, 0.2) is 72.9 Å². The van der Waals surface area contributed by atoms with Crippen molar-refractivity contribution in [2.75, 3.05) is 5.73 Å². The third-order valence-corrected chi connectivity index (χ3v) is 4.17. The highest BCUT2D eigenvalue weighted by molar-refractivity contribution is 5.88. The molecule has 0 saturated heterocycles. The van der Waals surface area contributed by atoms with Gasteiger partial charge in [-0.1, -0.05) is 66.2 Å². The van der Waals surface area contributed by atoms with Crippen molar-refractivity contribution in [2.45, 2.75) is 6.92 Å². The summed E-state index contributed by atoms with van der Waals surface area (Å²) in [6.45, 7) is 2.07. The van der Waals surface area contributed by atoms with Crippen LogP contribution in [-0.2, 0) is 0 Å². The molecule has 0 aliphatic rings. The number of fused-ring (bicyclic) bond motifs is 1. The van der Waals surface area contributed by atoms with Gasteiger partial charge in [-0.05, 0) is 23.8 Å². The van der Waals surface area contributed by atoms with Gasteiger partial charge in [0.25, 0.3) is 0 Å². The average Bonchev–Trinajstić information content (AvgIpc) is 2.62. The molecule has 0 spiro atoms. The molecule has 0 aliphatic heterocycles. The molecule has 0 bridgehead atoms. The summed E-state index contributed by atoms with van der Waals surface area (Å²) in [6.07, 6.45) is 1.73. The third kappa shape index (κ3) is 2.61. The lowest BCUT2D eigenvalue weighted by Gasteiger charge is -2.09. The van der Waals surface area contributed by atoms with Crippen molar-refractivity contribution in [3.05, 3.63) is 78.5 Å². The molecule has 116 valence electrons. The summed E-state index contributed by atoms with van der Waals surface area (Å²) in [6, 6.07) is 22.7. The summed E-state index contributed by atoms with van der Waals surface area (Å²) in [5.74, 6) is 0.446. The van der Waals surface area contributed by atoms with Crippen LogP contribution in [0.3, 0.4) is 0 Å². The van der Waals surface area contributed by atoms with Crippen LogP contribution < -0.4 is 5.73 Å². The summed E-state index contributed by atoms with van der Waals surface area (Å²) >= 11 is 0. The first kappa shape index (κ1) is 14.4. The fraction of sp³-hybridized carbons (Fsp3) is 0.0476. The number of nitrogens with two attached hydrogens (primary N) is 1. The van der Waals surface area contributed by atoms with Gasteiger partial charge in [0.05, 0.1) is 11.9 Å². The van der Waals surface area contributed by atoms with Gasteiger partial charge < -0.3 is 5.73 Å². The minimum absolute atomic E-state index is 0.446. The molecule has 3 heteroatoms. The summed E-state index contributed by atoms with van der Waals surface area (Å²) in [7, 11) is 0. The highest BCUT2D eigenvalue weighted by atomic mass is 14.9. The second-order valence-electron chi connectivity index (χ2n) is 5.92. The van der Waals surface area contributed by atoms with Gasteiger partial charge in [-0.2, -0.15) is 0 Å². The fourth-order valence-corrected chi connectivity index (χ4v) is 2.81. The van der Waals surface area contributed by atoms with E-state index in [1.807, 2.05) is 18.2 Å². The minimum Gasteiger partial charge on any atom is -0.382 e. The highest BCUT2D eigenvalue weighted by Gasteiger charge is 2.09. The Hall–Kier alpha value is -3.20. The van der Waals surface area contributed by atoms with E-state index in [0.717, 1.165) is 27.9 Å². The maximum absolute atomic E-state index is 6.09. The molecule has 0 amide bonds. The van der Waals surface area contributed by atoms with Gasteiger partial charge in [0.1, 0.15) is 11.5 Å². The van der Waals surface area contributed by atoms with Crippen LogP contribution in [0, 0.1) is 6.92 Å². The average molecular weight is 311 g/mol. The predicted molar refractivity (Wildman–Crippen MR) is 99.6 cm³/mol. The molecule has 1 heterocycles. The van der Waals surface area contributed by atoms with Crippen LogP contribution in [0.2, 0.25) is 0 Å². The molecule has 3 nitrogen and oxygen atoms in total. The molecule has 0 radical (unpaired) electrons. The molecular formula is C21H17N3. The number of rotatable bonds is 2. The molecule has 0 aliphatic carbocycles. The van der Waals surface area contributed by atoms with Gasteiger partial charge in [0, 0.05) is 11.1 Å². The standard InChI is InChI=1S/C21H17N3/c1-14-6-8-16(9-7-14)19-13-23-21(22)20(24-19)18-11-10-15-4-2-3-5-17(15)12-18/h2-13H,1H3,(H2,22,23). The normalized spacial score (nSPS) is 10.9. The number of hydrogen-bond donors (Lipinski definition) is 1. The molecule has 4 rings (SSSR count). The Bertz CT molecular complexity index is 1020. The van der Waals surface area contributed by atoms with Crippen LogP contribution in [0.1, 0.15) is 5.56 Å². The molecule has 1 aromatic heterocycles. The van der Waals surface area contributed by atoms with Gasteiger partial charge in [-0.3, -0.25) is 0 Å². The monoisotopic (exact) mass is 311 g/mol. The smallest absolute Gasteiger partial charge is 0.150 e. The molecule has 2 N–H and O–H groups in total. The first-order valence-electron chi connectivity index (χ1n) is 7.89. The number of aryl methyl sites for hydroxylation is 1. The summed E-state index contributed by atoms with van der Waals surface area (Å²) in [5.41, 5.74) is 10.9. The Balaban J connectivity index is 1.84. The molecule has 24 heavy (non-hydrogen) atoms. The topological polar surface area (TPSA) is 51.8 Å². The Morgan fingerprint density at radius 1 is 0.792 bits per heavy atom. The summed E-state index contributed by atoms with van der Waals surface area (Å²) in [5, 5.41) is 2.36. The zero-order valence-corrected chi connectivity index (χ0v) is 13.4. The van der Waals surface area contributed by atoms with Crippen LogP contribution in [0.5, 0.6) is 0 Å². The lowest BCUT2D eigenvalue weighted by atomic mass is 10.0. The van der Waals surface area contributed by atoms with Crippen molar-refractivity contribution in [2.24, 2.45) is 0 Å². The summed E-state index contributed by atoms with van der Waals surface area (Å²) < 4.78 is 0. The molecular weight excluding hydrogens is 294 g/mol. The zero-order chi connectivity index (χ0) is 16.5. The Morgan fingerprint density at radius 2 is 1.50 bits per heavy atom. The van der Waals surface area contributed by atoms with E-state index in [0.29, 0.717) is 5.82 Å². The highest BCUT2D eigenvalue weighted by Crippen LogP contribution is 2.28. The van der Waals surface area contributed by atoms with E-state index < -0.39 is 0 Å². The van der Waals surface area contributed by atoms with Crippen molar-refractivity contribution >= 4 is 16.6 Å². The minimum atomic E-state index is 0.446. The fourth-order valence-electron chi connectivity index (χ4n) is 2.81. The first-order chi connectivity index (χ1) is 11.7. The maximum Gasteiger partial charge on any atom is 0.150 e. The van der Waals surface area contributed by atoms with Crippen LogP contribution in [0.25, 0.3) is 33.3 Å². The Kier molecular flexibility index (Phi) is 3.47. The van der Waals surface area contributed by atoms with E-state index in [-0.39, 0.29) is 0 Å². The molecule has 0 saturated carbocycles. The largest absolute Gasteiger partial charge is 0.382 e. The van der Waals surface area contributed by atoms with Crippen molar-refractivity contribution < 1.29 is 0 Å². The summed E-state index contributed by atoms with van der Waals surface area (Å²) in [4.78, 5) is 9.11. The second kappa shape index (κ2) is 5.78. The van der Waals surface area contributed by atoms with E-state index in [2.05, 4.69) is 60.4 Å².